The van der Waals surface area contributed by atoms with Gasteiger partial charge in [0.15, 0.2) is 0 Å². The Kier molecular flexibility index (Phi) is 5.92. The molecule has 2 aromatic rings. The highest BCUT2D eigenvalue weighted by molar-refractivity contribution is 5.90. The Labute approximate surface area is 180 Å². The van der Waals surface area contributed by atoms with Gasteiger partial charge in [-0.15, -0.1) is 0 Å². The van der Waals surface area contributed by atoms with Crippen molar-refractivity contribution in [3.05, 3.63) is 48.0 Å². The molecule has 1 atom stereocenters. The van der Waals surface area contributed by atoms with Crippen LogP contribution in [0.2, 0.25) is 0 Å². The average molecular weight is 427 g/mol. The van der Waals surface area contributed by atoms with Crippen LogP contribution in [0.3, 0.4) is 0 Å². The molecule has 2 amide bonds. The monoisotopic (exact) mass is 427 g/mol. The minimum atomic E-state index is -0.539. The zero-order chi connectivity index (χ0) is 22.0. The van der Waals surface area contributed by atoms with Crippen molar-refractivity contribution in [1.82, 2.24) is 10.3 Å². The molecule has 1 unspecified atom stereocenters. The molecule has 0 bridgehead atoms. The van der Waals surface area contributed by atoms with Gasteiger partial charge in [-0.2, -0.15) is 0 Å². The maximum Gasteiger partial charge on any atom is 0.414 e. The molecule has 31 heavy (non-hydrogen) atoms. The van der Waals surface area contributed by atoms with Crippen LogP contribution >= 0.6 is 0 Å². The molecule has 164 valence electrons. The molecular formula is C22H26FN5O3. The van der Waals surface area contributed by atoms with E-state index in [0.29, 0.717) is 24.5 Å². The Bertz CT molecular complexity index is 977. The number of carbonyl (C=O) groups is 2. The van der Waals surface area contributed by atoms with Crippen molar-refractivity contribution in [2.75, 3.05) is 54.0 Å². The maximum absolute atomic E-state index is 14.9. The van der Waals surface area contributed by atoms with Crippen molar-refractivity contribution in [3.63, 3.8) is 0 Å². The third kappa shape index (κ3) is 4.70. The molecule has 1 N–H and O–H groups in total. The number of anilines is 3. The number of piperazine rings is 1. The van der Waals surface area contributed by atoms with E-state index in [2.05, 4.69) is 21.3 Å². The molecule has 1 aromatic carbocycles. The van der Waals surface area contributed by atoms with Crippen LogP contribution in [0.1, 0.15) is 12.5 Å². The molecule has 2 fully saturated rings. The molecule has 0 spiro atoms. The van der Waals surface area contributed by atoms with Gasteiger partial charge in [0.1, 0.15) is 11.9 Å². The van der Waals surface area contributed by atoms with Crippen molar-refractivity contribution >= 4 is 29.1 Å². The van der Waals surface area contributed by atoms with Crippen LogP contribution in [-0.4, -0.2) is 62.4 Å². The molecule has 2 saturated heterocycles. The normalized spacial score (nSPS) is 18.9. The molecule has 1 aromatic heterocycles. The largest absolute Gasteiger partial charge is 0.442 e. The smallest absolute Gasteiger partial charge is 0.414 e. The van der Waals surface area contributed by atoms with Crippen LogP contribution in [0.5, 0.6) is 0 Å². The van der Waals surface area contributed by atoms with Gasteiger partial charge in [0.05, 0.1) is 36.3 Å². The third-order valence-electron chi connectivity index (χ3n) is 5.54. The van der Waals surface area contributed by atoms with E-state index in [1.165, 1.54) is 17.9 Å². The van der Waals surface area contributed by atoms with Gasteiger partial charge in [0, 0.05) is 39.3 Å². The van der Waals surface area contributed by atoms with Gasteiger partial charge in [-0.05, 0) is 36.8 Å². The summed E-state index contributed by atoms with van der Waals surface area (Å²) in [7, 11) is 0. The van der Waals surface area contributed by atoms with Gasteiger partial charge >= 0.3 is 6.09 Å². The molecule has 4 rings (SSSR count). The summed E-state index contributed by atoms with van der Waals surface area (Å²) in [5.41, 5.74) is 3.16. The minimum absolute atomic E-state index is 0.191. The number of ether oxygens (including phenoxy) is 1. The highest BCUT2D eigenvalue weighted by atomic mass is 19.1. The Morgan fingerprint density at radius 3 is 2.58 bits per heavy atom. The molecule has 8 nitrogen and oxygen atoms in total. The predicted octanol–water partition coefficient (Wildman–Crippen LogP) is 2.32. The molecule has 3 heterocycles. The highest BCUT2D eigenvalue weighted by Gasteiger charge is 2.33. The first-order chi connectivity index (χ1) is 14.9. The van der Waals surface area contributed by atoms with Crippen molar-refractivity contribution in [1.29, 1.82) is 0 Å². The van der Waals surface area contributed by atoms with Gasteiger partial charge in [0.2, 0.25) is 5.91 Å². The van der Waals surface area contributed by atoms with Gasteiger partial charge in [-0.3, -0.25) is 14.7 Å². The fraction of sp³-hybridized carbons (Fsp3) is 0.409. The lowest BCUT2D eigenvalue weighted by Crippen LogP contribution is -2.46. The topological polar surface area (TPSA) is 78.0 Å². The van der Waals surface area contributed by atoms with Crippen LogP contribution in [0, 0.1) is 12.7 Å². The van der Waals surface area contributed by atoms with Crippen molar-refractivity contribution in [2.24, 2.45) is 0 Å². The van der Waals surface area contributed by atoms with Gasteiger partial charge < -0.3 is 19.9 Å². The third-order valence-corrected chi connectivity index (χ3v) is 5.54. The second-order valence-corrected chi connectivity index (χ2v) is 7.88. The lowest BCUT2D eigenvalue weighted by atomic mass is 10.2. The van der Waals surface area contributed by atoms with E-state index < -0.39 is 12.2 Å². The summed E-state index contributed by atoms with van der Waals surface area (Å²) in [5.74, 6) is -0.565. The predicted molar refractivity (Wildman–Crippen MR) is 116 cm³/mol. The Hall–Kier alpha value is -3.36. The SMILES string of the molecule is CC(=O)NCC1CN(c2ccc(N3CCN(c4cncc(C)c4)CC3)c(F)c2)C(=O)O1. The number of halogens is 1. The van der Waals surface area contributed by atoms with E-state index in [0.717, 1.165) is 24.3 Å². The second kappa shape index (κ2) is 8.79. The van der Waals surface area contributed by atoms with E-state index in [9.17, 15) is 14.0 Å². The van der Waals surface area contributed by atoms with E-state index >= 15 is 0 Å². The van der Waals surface area contributed by atoms with Crippen LogP contribution in [0.25, 0.3) is 0 Å². The summed E-state index contributed by atoms with van der Waals surface area (Å²) in [6.45, 7) is 6.84. The number of aromatic nitrogens is 1. The van der Waals surface area contributed by atoms with E-state index in [1.54, 1.807) is 12.1 Å². The lowest BCUT2D eigenvalue weighted by molar-refractivity contribution is -0.119. The Morgan fingerprint density at radius 1 is 1.16 bits per heavy atom. The van der Waals surface area contributed by atoms with Gasteiger partial charge in [-0.25, -0.2) is 9.18 Å². The number of nitrogens with zero attached hydrogens (tertiary/aromatic N) is 4. The number of nitrogens with one attached hydrogen (secondary N) is 1. The number of benzene rings is 1. The molecule has 0 saturated carbocycles. The van der Waals surface area contributed by atoms with Gasteiger partial charge in [0.25, 0.3) is 0 Å². The highest BCUT2D eigenvalue weighted by Crippen LogP contribution is 2.29. The number of aryl methyl sites for hydroxylation is 1. The Balaban J connectivity index is 1.39. The number of hydrogen-bond donors (Lipinski definition) is 1. The molecule has 0 aliphatic carbocycles. The molecule has 0 radical (unpaired) electrons. The fourth-order valence-corrected chi connectivity index (χ4v) is 3.93. The summed E-state index contributed by atoms with van der Waals surface area (Å²) >= 11 is 0. The second-order valence-electron chi connectivity index (χ2n) is 7.88. The van der Waals surface area contributed by atoms with Crippen LogP contribution < -0.4 is 20.0 Å². The van der Waals surface area contributed by atoms with E-state index in [4.69, 9.17) is 4.74 Å². The van der Waals surface area contributed by atoms with Crippen molar-refractivity contribution in [3.8, 4) is 0 Å². The lowest BCUT2D eigenvalue weighted by Gasteiger charge is -2.37. The number of amides is 2. The van der Waals surface area contributed by atoms with Crippen LogP contribution in [0.15, 0.2) is 36.7 Å². The fourth-order valence-electron chi connectivity index (χ4n) is 3.93. The van der Waals surface area contributed by atoms with Gasteiger partial charge in [-0.1, -0.05) is 0 Å². The molecule has 9 heteroatoms. The van der Waals surface area contributed by atoms with Crippen LogP contribution in [-0.2, 0) is 9.53 Å². The maximum atomic E-state index is 14.9. The van der Waals surface area contributed by atoms with Crippen molar-refractivity contribution < 1.29 is 18.7 Å². The van der Waals surface area contributed by atoms with Crippen LogP contribution in [0.4, 0.5) is 26.2 Å². The summed E-state index contributed by atoms with van der Waals surface area (Å²) in [6, 6.07) is 6.92. The molecule has 2 aliphatic heterocycles. The minimum Gasteiger partial charge on any atom is -0.442 e. The Morgan fingerprint density at radius 2 is 1.90 bits per heavy atom. The number of pyridine rings is 1. The first-order valence-corrected chi connectivity index (χ1v) is 10.3. The standard InChI is InChI=1S/C22H26FN5O3/c1-15-9-18(12-24-11-15)26-5-7-27(8-6-26)21-4-3-17(10-20(21)23)28-14-19(31-22(28)30)13-25-16(2)29/h3-4,9-12,19H,5-8,13-14H2,1-2H3,(H,25,29). The zero-order valence-corrected chi connectivity index (χ0v) is 17.7. The number of rotatable bonds is 5. The molecule has 2 aliphatic rings. The number of cyclic esters (lactones) is 1. The summed E-state index contributed by atoms with van der Waals surface area (Å²) < 4.78 is 20.2. The average Bonchev–Trinajstić information content (AvgIpc) is 3.13. The summed E-state index contributed by atoms with van der Waals surface area (Å²) in [5, 5.41) is 2.63. The van der Waals surface area contributed by atoms with Crippen molar-refractivity contribution in [2.45, 2.75) is 20.0 Å². The zero-order valence-electron chi connectivity index (χ0n) is 17.7. The quantitative estimate of drug-likeness (QED) is 0.789. The summed E-state index contributed by atoms with van der Waals surface area (Å²) in [4.78, 5) is 33.1. The van der Waals surface area contributed by atoms with E-state index in [-0.39, 0.29) is 24.8 Å². The first kappa shape index (κ1) is 20.9. The van der Waals surface area contributed by atoms with E-state index in [1.807, 2.05) is 24.2 Å². The summed E-state index contributed by atoms with van der Waals surface area (Å²) in [6.07, 6.45) is 2.69. The first-order valence-electron chi connectivity index (χ1n) is 10.3. The molecular weight excluding hydrogens is 401 g/mol. The number of carbonyl (C=O) groups excluding carboxylic acids is 2. The number of hydrogen-bond acceptors (Lipinski definition) is 6.